The van der Waals surface area contributed by atoms with Crippen LogP contribution >= 0.6 is 11.6 Å². The predicted molar refractivity (Wildman–Crippen MR) is 228 cm³/mol. The Morgan fingerprint density at radius 2 is 1.61 bits per heavy atom. The zero-order valence-corrected chi connectivity index (χ0v) is 38.1. The smallest absolute Gasteiger partial charge is 0.309 e. The Morgan fingerprint density at radius 3 is 2.27 bits per heavy atom. The molecule has 0 radical (unpaired) electrons. The molecule has 5 saturated carbocycles. The molecule has 0 spiro atoms. The van der Waals surface area contributed by atoms with Gasteiger partial charge in [-0.05, 0) is 121 Å². The monoisotopic (exact) mass is 835 g/mol. The summed E-state index contributed by atoms with van der Waals surface area (Å²) in [7, 11) is 1.63. The van der Waals surface area contributed by atoms with E-state index >= 15 is 0 Å². The second-order valence-electron chi connectivity index (χ2n) is 21.8. The minimum Gasteiger partial charge on any atom is -0.491 e. The molecule has 7 rings (SSSR count). The van der Waals surface area contributed by atoms with Crippen LogP contribution in [0, 0.1) is 68.0 Å². The molecule has 326 valence electrons. The Hall–Kier alpha value is -2.91. The number of nitrogens with one attached hydrogen (secondary N) is 1. The van der Waals surface area contributed by atoms with Gasteiger partial charge < -0.3 is 24.6 Å². The molecule has 2 N–H and O–H groups in total. The number of ether oxygens (including phenoxy) is 3. The van der Waals surface area contributed by atoms with Crippen molar-refractivity contribution in [3.05, 3.63) is 39.9 Å². The number of carbonyl (C=O) groups excluding carboxylic acids is 3. The summed E-state index contributed by atoms with van der Waals surface area (Å²) in [5.41, 5.74) is 1.85. The van der Waals surface area contributed by atoms with E-state index < -0.39 is 28.6 Å². The molecule has 59 heavy (non-hydrogen) atoms. The van der Waals surface area contributed by atoms with Crippen LogP contribution in [-0.4, -0.2) is 55.2 Å². The second kappa shape index (κ2) is 15.5. The highest BCUT2D eigenvalue weighted by atomic mass is 35.5. The number of Topliss-reactive ketones (excluding diaryl/α,β-unsaturated/α-hetero) is 1. The standard InChI is InChI=1S/C49H70ClNO8/c1-28(2)40-34(52)25-49(26-39(53)51-27-29-11-12-30(50)23-35(29)58-22-21-57-10)20-19-47(8)31(41(40)49)13-14-37-46(7)17-16-38(45(5,6)36(46)15-18-48(37,47)9)59-43(56)33-24-32(42(54)55)44(33,3)4/h11-12,23,28,31-33,36-38H,13-22,24-27H2,1-10H3,(H,51,53)(H,54,55)/t31-,32+,33-,36+,37-,38+,46+,47-,48-,49+/m1/s1. The van der Waals surface area contributed by atoms with Crippen molar-refractivity contribution in [3.63, 3.8) is 0 Å². The molecule has 10 heteroatoms. The first-order valence-corrected chi connectivity index (χ1v) is 22.8. The Kier molecular flexibility index (Phi) is 11.6. The first-order valence-electron chi connectivity index (χ1n) is 22.5. The van der Waals surface area contributed by atoms with E-state index in [9.17, 15) is 24.3 Å². The number of allylic oxidation sites excluding steroid dienone is 2. The summed E-state index contributed by atoms with van der Waals surface area (Å²) < 4.78 is 17.5. The zero-order valence-electron chi connectivity index (χ0n) is 37.4. The van der Waals surface area contributed by atoms with Crippen LogP contribution in [0.3, 0.4) is 0 Å². The Labute approximate surface area is 357 Å². The number of esters is 1. The molecule has 6 aliphatic carbocycles. The van der Waals surface area contributed by atoms with E-state index in [0.29, 0.717) is 61.6 Å². The van der Waals surface area contributed by atoms with Gasteiger partial charge in [0, 0.05) is 47.9 Å². The maximum atomic E-state index is 14.2. The quantitative estimate of drug-likeness (QED) is 0.157. The number of carbonyl (C=O) groups is 4. The number of rotatable bonds is 12. The molecular weight excluding hydrogens is 766 g/mol. The van der Waals surface area contributed by atoms with Gasteiger partial charge in [0.2, 0.25) is 5.91 Å². The van der Waals surface area contributed by atoms with Gasteiger partial charge >= 0.3 is 11.9 Å². The maximum absolute atomic E-state index is 14.2. The summed E-state index contributed by atoms with van der Waals surface area (Å²) in [6.07, 6.45) is 8.65. The van der Waals surface area contributed by atoms with Crippen molar-refractivity contribution in [2.45, 2.75) is 146 Å². The molecule has 0 heterocycles. The third-order valence-electron chi connectivity index (χ3n) is 18.2. The van der Waals surface area contributed by atoms with Crippen molar-refractivity contribution >= 4 is 35.2 Å². The van der Waals surface area contributed by atoms with Crippen LogP contribution in [-0.2, 0) is 35.2 Å². The van der Waals surface area contributed by atoms with Crippen molar-refractivity contribution in [2.24, 2.45) is 68.0 Å². The predicted octanol–water partition coefficient (Wildman–Crippen LogP) is 10.0. The number of hydrogen-bond acceptors (Lipinski definition) is 7. The summed E-state index contributed by atoms with van der Waals surface area (Å²) in [6.45, 7) is 21.4. The minimum absolute atomic E-state index is 0.0332. The van der Waals surface area contributed by atoms with Crippen LogP contribution < -0.4 is 10.1 Å². The van der Waals surface area contributed by atoms with E-state index in [-0.39, 0.29) is 57.3 Å². The van der Waals surface area contributed by atoms with Gasteiger partial charge in [0.1, 0.15) is 18.5 Å². The molecule has 0 aliphatic heterocycles. The van der Waals surface area contributed by atoms with Crippen LogP contribution in [0.5, 0.6) is 5.75 Å². The van der Waals surface area contributed by atoms with Gasteiger partial charge in [-0.2, -0.15) is 0 Å². The highest BCUT2D eigenvalue weighted by molar-refractivity contribution is 6.30. The number of halogens is 1. The molecule has 1 aromatic carbocycles. The van der Waals surface area contributed by atoms with Crippen molar-refractivity contribution in [2.75, 3.05) is 20.3 Å². The SMILES string of the molecule is COCCOc1cc(Cl)ccc1CNC(=O)C[C@@]12CC[C@]3(C)[C@H](CC[C@@H]4[C@@]5(C)CC[C@H](OC(=O)[C@H]6C[C@@H](C(=O)O)C6(C)C)C(C)(C)[C@@H]5CC[C@]43C)C1=C(C(C)C)C(=O)C2. The molecule has 5 fully saturated rings. The normalized spacial score (nSPS) is 38.0. The van der Waals surface area contributed by atoms with E-state index in [1.54, 1.807) is 19.2 Å². The Bertz CT molecular complexity index is 1900. The summed E-state index contributed by atoms with van der Waals surface area (Å²) in [4.78, 5) is 53.7. The van der Waals surface area contributed by atoms with Crippen LogP contribution in [0.15, 0.2) is 29.3 Å². The zero-order chi connectivity index (χ0) is 43.1. The lowest BCUT2D eigenvalue weighted by Crippen LogP contribution is -2.66. The average Bonchev–Trinajstić information content (AvgIpc) is 3.43. The van der Waals surface area contributed by atoms with E-state index in [1.165, 1.54) is 5.57 Å². The average molecular weight is 837 g/mol. The van der Waals surface area contributed by atoms with Gasteiger partial charge in [-0.15, -0.1) is 0 Å². The van der Waals surface area contributed by atoms with E-state index in [2.05, 4.69) is 53.8 Å². The molecule has 1 amide bonds. The first kappa shape index (κ1) is 44.2. The van der Waals surface area contributed by atoms with Crippen LogP contribution in [0.2, 0.25) is 5.02 Å². The second-order valence-corrected chi connectivity index (χ2v) is 22.2. The first-order chi connectivity index (χ1) is 27.6. The number of methoxy groups -OCH3 is 1. The molecule has 0 aromatic heterocycles. The van der Waals surface area contributed by atoms with Crippen molar-refractivity contribution < 1.29 is 38.5 Å². The third-order valence-corrected chi connectivity index (χ3v) is 18.4. The summed E-state index contributed by atoms with van der Waals surface area (Å²) >= 11 is 6.30. The number of benzene rings is 1. The highest BCUT2D eigenvalue weighted by Crippen LogP contribution is 2.77. The lowest BCUT2D eigenvalue weighted by molar-refractivity contribution is -0.236. The van der Waals surface area contributed by atoms with Crippen molar-refractivity contribution in [1.82, 2.24) is 5.32 Å². The summed E-state index contributed by atoms with van der Waals surface area (Å²) in [5.74, 6) is -0.0108. The van der Waals surface area contributed by atoms with Gasteiger partial charge in [-0.25, -0.2) is 0 Å². The molecule has 1 aromatic rings. The van der Waals surface area contributed by atoms with Gasteiger partial charge in [0.15, 0.2) is 5.78 Å². The molecule has 0 saturated heterocycles. The fourth-order valence-electron chi connectivity index (χ4n) is 14.7. The van der Waals surface area contributed by atoms with Gasteiger partial charge in [0.25, 0.3) is 0 Å². The van der Waals surface area contributed by atoms with E-state index in [0.717, 1.165) is 62.5 Å². The molecular formula is C49H70ClNO8. The number of ketones is 1. The summed E-state index contributed by atoms with van der Waals surface area (Å²) in [6, 6.07) is 5.46. The minimum atomic E-state index is -0.837. The van der Waals surface area contributed by atoms with Crippen LogP contribution in [0.25, 0.3) is 0 Å². The number of carboxylic acids is 1. The number of amides is 1. The van der Waals surface area contributed by atoms with E-state index in [4.69, 9.17) is 25.8 Å². The summed E-state index contributed by atoms with van der Waals surface area (Å²) in [5, 5.41) is 13.4. The highest BCUT2D eigenvalue weighted by Gasteiger charge is 2.70. The molecule has 10 atom stereocenters. The Balaban J connectivity index is 1.10. The number of hydrogen-bond donors (Lipinski definition) is 2. The number of carboxylic acid groups (broad SMARTS) is 1. The lowest BCUT2D eigenvalue weighted by atomic mass is 9.33. The van der Waals surface area contributed by atoms with Crippen molar-refractivity contribution in [3.8, 4) is 5.75 Å². The van der Waals surface area contributed by atoms with E-state index in [1.807, 2.05) is 19.9 Å². The van der Waals surface area contributed by atoms with Crippen LogP contribution in [0.4, 0.5) is 0 Å². The number of fused-ring (bicyclic) bond motifs is 7. The Morgan fingerprint density at radius 1 is 0.881 bits per heavy atom. The molecule has 0 unspecified atom stereocenters. The van der Waals surface area contributed by atoms with Crippen molar-refractivity contribution in [1.29, 1.82) is 0 Å². The molecule has 9 nitrogen and oxygen atoms in total. The lowest BCUT2D eigenvalue weighted by Gasteiger charge is -2.72. The largest absolute Gasteiger partial charge is 0.491 e. The van der Waals surface area contributed by atoms with Gasteiger partial charge in [0.05, 0.1) is 18.4 Å². The fourth-order valence-corrected chi connectivity index (χ4v) is 14.9. The topological polar surface area (TPSA) is 128 Å². The van der Waals surface area contributed by atoms with Gasteiger partial charge in [-0.1, -0.05) is 85.6 Å². The third kappa shape index (κ3) is 6.99. The number of aliphatic carboxylic acids is 1. The van der Waals surface area contributed by atoms with Gasteiger partial charge in [-0.3, -0.25) is 19.2 Å². The molecule has 6 aliphatic rings. The fraction of sp³-hybridized carbons (Fsp3) is 0.755. The van der Waals surface area contributed by atoms with Crippen LogP contribution in [0.1, 0.15) is 139 Å². The maximum Gasteiger partial charge on any atom is 0.309 e. The molecule has 0 bridgehead atoms.